The van der Waals surface area contributed by atoms with Crippen LogP contribution in [-0.2, 0) is 6.61 Å². The minimum atomic E-state index is -0.543. The highest BCUT2D eigenvalue weighted by atomic mass is 16.6. The van der Waals surface area contributed by atoms with E-state index in [2.05, 4.69) is 4.98 Å². The lowest BCUT2D eigenvalue weighted by Crippen LogP contribution is -2.02. The molecule has 98 valence electrons. The summed E-state index contributed by atoms with van der Waals surface area (Å²) in [6.07, 6.45) is 1.38. The first kappa shape index (κ1) is 13.0. The number of nitrogens with zero attached hydrogens (tertiary/aromatic N) is 2. The Bertz CT molecular complexity index is 611. The lowest BCUT2D eigenvalue weighted by Gasteiger charge is -2.09. The van der Waals surface area contributed by atoms with Gasteiger partial charge in [0.25, 0.3) is 0 Å². The third kappa shape index (κ3) is 3.07. The first-order valence-corrected chi connectivity index (χ1v) is 5.86. The summed E-state index contributed by atoms with van der Waals surface area (Å²) >= 11 is 0. The maximum absolute atomic E-state index is 10.8. The largest absolute Gasteiger partial charge is 0.481 e. The smallest absolute Gasteiger partial charge is 0.406 e. The van der Waals surface area contributed by atoms with E-state index in [1.54, 1.807) is 12.1 Å². The van der Waals surface area contributed by atoms with Crippen LogP contribution in [0.15, 0.2) is 36.5 Å². The highest BCUT2D eigenvalue weighted by Crippen LogP contribution is 2.24. The van der Waals surface area contributed by atoms with Crippen LogP contribution in [0.5, 0.6) is 5.75 Å². The summed E-state index contributed by atoms with van der Waals surface area (Å²) < 4.78 is 5.52. The maximum Gasteiger partial charge on any atom is 0.406 e. The molecule has 1 aromatic carbocycles. The molecule has 0 spiro atoms. The second-order valence-electron chi connectivity index (χ2n) is 4.30. The molecule has 0 N–H and O–H groups in total. The molecule has 0 atom stereocenters. The molecule has 0 fully saturated rings. The molecule has 0 bridgehead atoms. The quantitative estimate of drug-likeness (QED) is 0.624. The van der Waals surface area contributed by atoms with Crippen LogP contribution in [0.3, 0.4) is 0 Å². The fourth-order valence-electron chi connectivity index (χ4n) is 1.74. The number of aromatic nitrogens is 1. The van der Waals surface area contributed by atoms with Gasteiger partial charge >= 0.3 is 5.82 Å². The summed E-state index contributed by atoms with van der Waals surface area (Å²) in [5.41, 5.74) is 3.24. The van der Waals surface area contributed by atoms with Gasteiger partial charge in [0.15, 0.2) is 0 Å². The molecule has 1 aromatic heterocycles. The van der Waals surface area contributed by atoms with E-state index in [1.165, 1.54) is 6.20 Å². The lowest BCUT2D eigenvalue weighted by molar-refractivity contribution is -0.390. The summed E-state index contributed by atoms with van der Waals surface area (Å²) in [7, 11) is 0. The zero-order valence-corrected chi connectivity index (χ0v) is 10.8. The van der Waals surface area contributed by atoms with Gasteiger partial charge in [-0.1, -0.05) is 23.8 Å². The average Bonchev–Trinajstić information content (AvgIpc) is 2.40. The molecule has 5 nitrogen and oxygen atoms in total. The van der Waals surface area contributed by atoms with Gasteiger partial charge in [-0.3, -0.25) is 0 Å². The van der Waals surface area contributed by atoms with Crippen LogP contribution in [-0.4, -0.2) is 9.91 Å². The summed E-state index contributed by atoms with van der Waals surface area (Å²) in [5.74, 6) is -0.0683. The van der Waals surface area contributed by atoms with Crippen LogP contribution in [0.25, 0.3) is 0 Å². The number of pyridine rings is 1. The van der Waals surface area contributed by atoms with Gasteiger partial charge in [0.2, 0.25) is 5.75 Å². The van der Waals surface area contributed by atoms with Crippen molar-refractivity contribution in [3.8, 4) is 5.75 Å². The second kappa shape index (κ2) is 5.48. The molecule has 2 aromatic rings. The molecule has 19 heavy (non-hydrogen) atoms. The van der Waals surface area contributed by atoms with E-state index in [1.807, 2.05) is 32.0 Å². The van der Waals surface area contributed by atoms with Gasteiger partial charge in [-0.2, -0.15) is 0 Å². The summed E-state index contributed by atoms with van der Waals surface area (Å²) in [6, 6.07) is 9.20. The Balaban J connectivity index is 2.19. The second-order valence-corrected chi connectivity index (χ2v) is 4.30. The molecule has 0 radical (unpaired) electrons. The third-order valence-corrected chi connectivity index (χ3v) is 2.81. The van der Waals surface area contributed by atoms with E-state index in [9.17, 15) is 10.1 Å². The number of ether oxygens (including phenoxy) is 1. The molecule has 0 aliphatic heterocycles. The van der Waals surface area contributed by atoms with Crippen LogP contribution < -0.4 is 4.74 Å². The van der Waals surface area contributed by atoms with Crippen molar-refractivity contribution in [2.24, 2.45) is 0 Å². The monoisotopic (exact) mass is 258 g/mol. The van der Waals surface area contributed by atoms with E-state index in [0.29, 0.717) is 6.61 Å². The molecule has 0 amide bonds. The van der Waals surface area contributed by atoms with Crippen molar-refractivity contribution in [3.63, 3.8) is 0 Å². The Morgan fingerprint density at radius 2 is 2.11 bits per heavy atom. The standard InChI is InChI=1S/C14H14N2O3/c1-10-5-6-11(2)12(8-10)9-19-13-4-3-7-15-14(13)16(17)18/h3-8H,9H2,1-2H3. The van der Waals surface area contributed by atoms with E-state index >= 15 is 0 Å². The number of benzene rings is 1. The minimum absolute atomic E-state index is 0.188. The summed E-state index contributed by atoms with van der Waals surface area (Å²) in [6.45, 7) is 4.27. The van der Waals surface area contributed by atoms with Gasteiger partial charge in [0, 0.05) is 0 Å². The molecule has 0 saturated carbocycles. The SMILES string of the molecule is Cc1ccc(C)c(COc2cccnc2[N+](=O)[O-])c1. The van der Waals surface area contributed by atoms with Gasteiger partial charge in [0.05, 0.1) is 0 Å². The highest BCUT2D eigenvalue weighted by Gasteiger charge is 2.15. The van der Waals surface area contributed by atoms with Crippen LogP contribution in [0.1, 0.15) is 16.7 Å². The van der Waals surface area contributed by atoms with E-state index in [0.717, 1.165) is 16.7 Å². The predicted octanol–water partition coefficient (Wildman–Crippen LogP) is 3.19. The highest BCUT2D eigenvalue weighted by molar-refractivity contribution is 5.39. The van der Waals surface area contributed by atoms with Gasteiger partial charge < -0.3 is 14.9 Å². The fourth-order valence-corrected chi connectivity index (χ4v) is 1.74. The number of rotatable bonds is 4. The maximum atomic E-state index is 10.8. The van der Waals surface area contributed by atoms with Gasteiger partial charge in [-0.05, 0) is 47.0 Å². The molecule has 0 unspecified atom stereocenters. The van der Waals surface area contributed by atoms with Crippen molar-refractivity contribution < 1.29 is 9.66 Å². The third-order valence-electron chi connectivity index (χ3n) is 2.81. The first-order valence-electron chi connectivity index (χ1n) is 5.86. The van der Waals surface area contributed by atoms with Crippen molar-refractivity contribution in [2.75, 3.05) is 0 Å². The average molecular weight is 258 g/mol. The van der Waals surface area contributed by atoms with Crippen molar-refractivity contribution in [1.29, 1.82) is 0 Å². The molecule has 1 heterocycles. The van der Waals surface area contributed by atoms with Crippen molar-refractivity contribution in [2.45, 2.75) is 20.5 Å². The lowest BCUT2D eigenvalue weighted by atomic mass is 10.1. The molecular formula is C14H14N2O3. The zero-order chi connectivity index (χ0) is 13.8. The number of hydrogen-bond donors (Lipinski definition) is 0. The van der Waals surface area contributed by atoms with Crippen molar-refractivity contribution in [3.05, 3.63) is 63.3 Å². The Kier molecular flexibility index (Phi) is 3.75. The summed E-state index contributed by atoms with van der Waals surface area (Å²) in [4.78, 5) is 14.0. The topological polar surface area (TPSA) is 65.3 Å². The molecule has 0 saturated heterocycles. The van der Waals surface area contributed by atoms with E-state index < -0.39 is 4.92 Å². The van der Waals surface area contributed by atoms with Crippen molar-refractivity contribution >= 4 is 5.82 Å². The summed E-state index contributed by atoms with van der Waals surface area (Å²) in [5, 5.41) is 10.8. The van der Waals surface area contributed by atoms with Crippen LogP contribution in [0, 0.1) is 24.0 Å². The van der Waals surface area contributed by atoms with Crippen molar-refractivity contribution in [1.82, 2.24) is 4.98 Å². The predicted molar refractivity (Wildman–Crippen MR) is 71.1 cm³/mol. The Morgan fingerprint density at radius 3 is 2.84 bits per heavy atom. The Morgan fingerprint density at radius 1 is 1.32 bits per heavy atom. The van der Waals surface area contributed by atoms with Crippen LogP contribution >= 0.6 is 0 Å². The Hall–Kier alpha value is -2.43. The Labute approximate surface area is 111 Å². The van der Waals surface area contributed by atoms with E-state index in [-0.39, 0.29) is 11.6 Å². The molecule has 2 rings (SSSR count). The number of aryl methyl sites for hydroxylation is 2. The van der Waals surface area contributed by atoms with Gasteiger partial charge in [-0.25, -0.2) is 0 Å². The van der Waals surface area contributed by atoms with Gasteiger partial charge in [-0.15, -0.1) is 0 Å². The number of nitro groups is 1. The van der Waals surface area contributed by atoms with Gasteiger partial charge in [0.1, 0.15) is 12.8 Å². The molecule has 0 aliphatic carbocycles. The number of hydrogen-bond acceptors (Lipinski definition) is 4. The fraction of sp³-hybridized carbons (Fsp3) is 0.214. The zero-order valence-electron chi connectivity index (χ0n) is 10.8. The molecule has 5 heteroatoms. The molecule has 0 aliphatic rings. The molecular weight excluding hydrogens is 244 g/mol. The normalized spacial score (nSPS) is 10.2. The minimum Gasteiger partial charge on any atom is -0.481 e. The van der Waals surface area contributed by atoms with E-state index in [4.69, 9.17) is 4.74 Å². The van der Waals surface area contributed by atoms with Crippen LogP contribution in [0.4, 0.5) is 5.82 Å². The van der Waals surface area contributed by atoms with Crippen LogP contribution in [0.2, 0.25) is 0 Å². The first-order chi connectivity index (χ1) is 9.08.